The Bertz CT molecular complexity index is 745. The standard InChI is InChI=1S/C22H28N2O3/c1-23(22(25)18-13-20(26-2)15-21(14-18)27-3)16-17-7-9-19(10-8-17)24-11-5-4-6-12-24/h7-10,13-15H,4-6,11-12,16H2,1-3H3. The first kappa shape index (κ1) is 19.1. The molecule has 1 saturated heterocycles. The first-order valence-electron chi connectivity index (χ1n) is 9.43. The van der Waals surface area contributed by atoms with Gasteiger partial charge in [0.05, 0.1) is 14.2 Å². The van der Waals surface area contributed by atoms with Crippen molar-refractivity contribution in [3.8, 4) is 11.5 Å². The van der Waals surface area contributed by atoms with E-state index in [0.717, 1.165) is 18.7 Å². The lowest BCUT2D eigenvalue weighted by Crippen LogP contribution is -2.29. The zero-order valence-corrected chi connectivity index (χ0v) is 16.4. The smallest absolute Gasteiger partial charge is 0.254 e. The number of benzene rings is 2. The van der Waals surface area contributed by atoms with Gasteiger partial charge in [-0.05, 0) is 49.1 Å². The monoisotopic (exact) mass is 368 g/mol. The van der Waals surface area contributed by atoms with Gasteiger partial charge in [-0.15, -0.1) is 0 Å². The largest absolute Gasteiger partial charge is 0.497 e. The molecule has 1 heterocycles. The molecule has 0 aliphatic carbocycles. The summed E-state index contributed by atoms with van der Waals surface area (Å²) in [5, 5.41) is 0. The first-order valence-corrected chi connectivity index (χ1v) is 9.43. The predicted molar refractivity (Wildman–Crippen MR) is 108 cm³/mol. The highest BCUT2D eigenvalue weighted by Gasteiger charge is 2.15. The fraction of sp³-hybridized carbons (Fsp3) is 0.409. The summed E-state index contributed by atoms with van der Waals surface area (Å²) in [6.07, 6.45) is 3.86. The molecule has 27 heavy (non-hydrogen) atoms. The molecule has 1 amide bonds. The van der Waals surface area contributed by atoms with Crippen molar-refractivity contribution < 1.29 is 14.3 Å². The summed E-state index contributed by atoms with van der Waals surface area (Å²) >= 11 is 0. The number of anilines is 1. The third kappa shape index (κ3) is 4.73. The second-order valence-corrected chi connectivity index (χ2v) is 6.98. The van der Waals surface area contributed by atoms with Crippen LogP contribution in [0.5, 0.6) is 11.5 Å². The molecule has 0 unspecified atom stereocenters. The third-order valence-corrected chi connectivity index (χ3v) is 5.02. The Labute approximate surface area is 161 Å². The number of carbonyl (C=O) groups is 1. The fourth-order valence-electron chi connectivity index (χ4n) is 3.46. The Balaban J connectivity index is 1.67. The second-order valence-electron chi connectivity index (χ2n) is 6.98. The number of rotatable bonds is 6. The topological polar surface area (TPSA) is 42.0 Å². The molecule has 0 bridgehead atoms. The Morgan fingerprint density at radius 2 is 1.56 bits per heavy atom. The lowest BCUT2D eigenvalue weighted by atomic mass is 10.1. The minimum absolute atomic E-state index is 0.0627. The average Bonchev–Trinajstić information content (AvgIpc) is 2.73. The van der Waals surface area contributed by atoms with Crippen molar-refractivity contribution in [1.29, 1.82) is 0 Å². The number of carbonyl (C=O) groups excluding carboxylic acids is 1. The Hall–Kier alpha value is -2.69. The normalized spacial score (nSPS) is 14.0. The second kappa shape index (κ2) is 8.80. The number of nitrogens with zero attached hydrogens (tertiary/aromatic N) is 2. The van der Waals surface area contributed by atoms with E-state index in [1.807, 2.05) is 7.05 Å². The van der Waals surface area contributed by atoms with Crippen LogP contribution in [0.4, 0.5) is 5.69 Å². The number of piperidine rings is 1. The summed E-state index contributed by atoms with van der Waals surface area (Å²) in [7, 11) is 4.97. The van der Waals surface area contributed by atoms with E-state index < -0.39 is 0 Å². The van der Waals surface area contributed by atoms with E-state index in [2.05, 4.69) is 29.2 Å². The van der Waals surface area contributed by atoms with Crippen LogP contribution in [0, 0.1) is 0 Å². The summed E-state index contributed by atoms with van der Waals surface area (Å²) in [6, 6.07) is 13.8. The van der Waals surface area contributed by atoms with Gasteiger partial charge in [-0.1, -0.05) is 12.1 Å². The first-order chi connectivity index (χ1) is 13.1. The molecule has 0 saturated carbocycles. The molecule has 5 nitrogen and oxygen atoms in total. The lowest BCUT2D eigenvalue weighted by molar-refractivity contribution is 0.0784. The molecule has 0 aromatic heterocycles. The Morgan fingerprint density at radius 1 is 0.963 bits per heavy atom. The predicted octanol–water partition coefficient (Wildman–Crippen LogP) is 3.97. The van der Waals surface area contributed by atoms with E-state index in [1.54, 1.807) is 37.3 Å². The molecular formula is C22H28N2O3. The van der Waals surface area contributed by atoms with Gasteiger partial charge in [-0.25, -0.2) is 0 Å². The lowest BCUT2D eigenvalue weighted by Gasteiger charge is -2.29. The molecule has 2 aromatic carbocycles. The van der Waals surface area contributed by atoms with E-state index in [9.17, 15) is 4.79 Å². The molecule has 1 aliphatic heterocycles. The van der Waals surface area contributed by atoms with Gasteiger partial charge in [-0.2, -0.15) is 0 Å². The van der Waals surface area contributed by atoms with E-state index >= 15 is 0 Å². The molecule has 0 radical (unpaired) electrons. The van der Waals surface area contributed by atoms with Gasteiger partial charge in [0.25, 0.3) is 5.91 Å². The Kier molecular flexibility index (Phi) is 6.22. The summed E-state index contributed by atoms with van der Waals surface area (Å²) < 4.78 is 10.5. The maximum Gasteiger partial charge on any atom is 0.254 e. The SMILES string of the molecule is COc1cc(OC)cc(C(=O)N(C)Cc2ccc(N3CCCCC3)cc2)c1. The highest BCUT2D eigenvalue weighted by molar-refractivity contribution is 5.95. The summed E-state index contributed by atoms with van der Waals surface area (Å²) in [5.41, 5.74) is 2.94. The van der Waals surface area contributed by atoms with Crippen LogP contribution in [0.2, 0.25) is 0 Å². The molecule has 2 aromatic rings. The van der Waals surface area contributed by atoms with Gasteiger partial charge in [0.1, 0.15) is 11.5 Å². The summed E-state index contributed by atoms with van der Waals surface area (Å²) in [4.78, 5) is 17.0. The average molecular weight is 368 g/mol. The van der Waals surface area contributed by atoms with Crippen LogP contribution in [0.1, 0.15) is 35.2 Å². The number of hydrogen-bond acceptors (Lipinski definition) is 4. The maximum atomic E-state index is 12.8. The molecule has 1 aliphatic rings. The third-order valence-electron chi connectivity index (χ3n) is 5.02. The van der Waals surface area contributed by atoms with Crippen LogP contribution >= 0.6 is 0 Å². The highest BCUT2D eigenvalue weighted by atomic mass is 16.5. The van der Waals surface area contributed by atoms with Crippen molar-refractivity contribution in [3.63, 3.8) is 0 Å². The summed E-state index contributed by atoms with van der Waals surface area (Å²) in [5.74, 6) is 1.15. The van der Waals surface area contributed by atoms with E-state index in [4.69, 9.17) is 9.47 Å². The number of methoxy groups -OCH3 is 2. The minimum atomic E-state index is -0.0627. The van der Waals surface area contributed by atoms with Crippen molar-refractivity contribution in [2.45, 2.75) is 25.8 Å². The molecule has 0 N–H and O–H groups in total. The van der Waals surface area contributed by atoms with E-state index in [1.165, 1.54) is 24.9 Å². The van der Waals surface area contributed by atoms with E-state index in [0.29, 0.717) is 23.6 Å². The van der Waals surface area contributed by atoms with Crippen LogP contribution in [0.25, 0.3) is 0 Å². The van der Waals surface area contributed by atoms with Gasteiger partial charge in [0, 0.05) is 44.0 Å². The quantitative estimate of drug-likeness (QED) is 0.774. The Morgan fingerprint density at radius 3 is 2.11 bits per heavy atom. The van der Waals surface area contributed by atoms with Crippen LogP contribution in [-0.2, 0) is 6.54 Å². The molecule has 3 rings (SSSR count). The van der Waals surface area contributed by atoms with Gasteiger partial charge in [-0.3, -0.25) is 4.79 Å². The van der Waals surface area contributed by atoms with E-state index in [-0.39, 0.29) is 5.91 Å². The molecule has 1 fully saturated rings. The van der Waals surface area contributed by atoms with Crippen molar-refractivity contribution >= 4 is 11.6 Å². The van der Waals surface area contributed by atoms with Crippen LogP contribution < -0.4 is 14.4 Å². The minimum Gasteiger partial charge on any atom is -0.497 e. The number of ether oxygens (including phenoxy) is 2. The van der Waals surface area contributed by atoms with Crippen molar-refractivity contribution in [1.82, 2.24) is 4.90 Å². The molecule has 5 heteroatoms. The van der Waals surface area contributed by atoms with Gasteiger partial charge < -0.3 is 19.3 Å². The van der Waals surface area contributed by atoms with Gasteiger partial charge in [0.15, 0.2) is 0 Å². The zero-order valence-electron chi connectivity index (χ0n) is 16.4. The highest BCUT2D eigenvalue weighted by Crippen LogP contribution is 2.24. The maximum absolute atomic E-state index is 12.8. The van der Waals surface area contributed by atoms with Gasteiger partial charge >= 0.3 is 0 Å². The molecule has 0 atom stereocenters. The van der Waals surface area contributed by atoms with Crippen molar-refractivity contribution in [2.75, 3.05) is 39.3 Å². The van der Waals surface area contributed by atoms with Crippen molar-refractivity contribution in [2.24, 2.45) is 0 Å². The molecular weight excluding hydrogens is 340 g/mol. The molecule has 144 valence electrons. The van der Waals surface area contributed by atoms with Crippen LogP contribution in [-0.4, -0.2) is 45.2 Å². The van der Waals surface area contributed by atoms with Crippen LogP contribution in [0.3, 0.4) is 0 Å². The van der Waals surface area contributed by atoms with Crippen LogP contribution in [0.15, 0.2) is 42.5 Å². The number of amides is 1. The summed E-state index contributed by atoms with van der Waals surface area (Å²) in [6.45, 7) is 2.82. The number of hydrogen-bond donors (Lipinski definition) is 0. The fourth-order valence-corrected chi connectivity index (χ4v) is 3.46. The van der Waals surface area contributed by atoms with Crippen molar-refractivity contribution in [3.05, 3.63) is 53.6 Å². The van der Waals surface area contributed by atoms with Gasteiger partial charge in [0.2, 0.25) is 0 Å². The molecule has 0 spiro atoms. The zero-order chi connectivity index (χ0) is 19.2.